The van der Waals surface area contributed by atoms with E-state index in [2.05, 4.69) is 6.58 Å². The Balaban J connectivity index is 1.70. The molecule has 1 heterocycles. The molecular formula is C21H18O3. The quantitative estimate of drug-likeness (QED) is 0.625. The van der Waals surface area contributed by atoms with Crippen molar-refractivity contribution < 1.29 is 14.3 Å². The first-order chi connectivity index (χ1) is 11.7. The van der Waals surface area contributed by atoms with Crippen molar-refractivity contribution in [2.24, 2.45) is 0 Å². The summed E-state index contributed by atoms with van der Waals surface area (Å²) < 4.78 is 11.0. The van der Waals surface area contributed by atoms with Gasteiger partial charge in [-0.25, -0.2) is 4.79 Å². The third kappa shape index (κ3) is 4.09. The van der Waals surface area contributed by atoms with Gasteiger partial charge < -0.3 is 9.47 Å². The highest BCUT2D eigenvalue weighted by molar-refractivity contribution is 5.90. The van der Waals surface area contributed by atoms with Gasteiger partial charge in [0.15, 0.2) is 0 Å². The molecule has 0 aromatic heterocycles. The minimum atomic E-state index is -0.728. The summed E-state index contributed by atoms with van der Waals surface area (Å²) in [5, 5.41) is 0. The van der Waals surface area contributed by atoms with Gasteiger partial charge in [0, 0.05) is 0 Å². The van der Waals surface area contributed by atoms with E-state index in [1.807, 2.05) is 78.9 Å². The molecule has 0 saturated carbocycles. The Kier molecular flexibility index (Phi) is 5.04. The predicted molar refractivity (Wildman–Crippen MR) is 94.8 cm³/mol. The van der Waals surface area contributed by atoms with Crippen LogP contribution in [0.4, 0.5) is 0 Å². The van der Waals surface area contributed by atoms with Gasteiger partial charge in [0.05, 0.1) is 5.57 Å². The maximum absolute atomic E-state index is 12.0. The van der Waals surface area contributed by atoms with Gasteiger partial charge in [0.1, 0.15) is 6.10 Å². The van der Waals surface area contributed by atoms with E-state index in [1.54, 1.807) is 6.08 Å². The van der Waals surface area contributed by atoms with Crippen LogP contribution in [-0.2, 0) is 14.3 Å². The van der Waals surface area contributed by atoms with Crippen LogP contribution in [0.15, 0.2) is 85.0 Å². The first kappa shape index (κ1) is 16.0. The van der Waals surface area contributed by atoms with Gasteiger partial charge >= 0.3 is 5.97 Å². The number of ether oxygens (including phenoxy) is 2. The SMILES string of the molecule is C=C1C(=O)OC(/C=C/c2ccccc2)OC1/C=C/c1ccccc1. The second-order valence-electron chi connectivity index (χ2n) is 5.40. The van der Waals surface area contributed by atoms with Crippen LogP contribution in [0.2, 0.25) is 0 Å². The third-order valence-corrected chi connectivity index (χ3v) is 3.62. The Bertz CT molecular complexity index is 760. The Hall–Kier alpha value is -2.91. The second-order valence-corrected chi connectivity index (χ2v) is 5.40. The fourth-order valence-electron chi connectivity index (χ4n) is 2.31. The molecule has 24 heavy (non-hydrogen) atoms. The van der Waals surface area contributed by atoms with E-state index >= 15 is 0 Å². The van der Waals surface area contributed by atoms with E-state index in [-0.39, 0.29) is 0 Å². The molecule has 1 saturated heterocycles. The zero-order valence-corrected chi connectivity index (χ0v) is 13.2. The lowest BCUT2D eigenvalue weighted by molar-refractivity contribution is -0.181. The summed E-state index contributed by atoms with van der Waals surface area (Å²) in [6, 6.07) is 19.6. The van der Waals surface area contributed by atoms with Gasteiger partial charge in [-0.3, -0.25) is 0 Å². The van der Waals surface area contributed by atoms with Crippen LogP contribution in [0, 0.1) is 0 Å². The van der Waals surface area contributed by atoms with Gasteiger partial charge in [-0.1, -0.05) is 85.5 Å². The summed E-state index contributed by atoms with van der Waals surface area (Å²) in [4.78, 5) is 12.0. The first-order valence-electron chi connectivity index (χ1n) is 7.74. The molecule has 0 aliphatic carbocycles. The molecule has 2 aromatic rings. The largest absolute Gasteiger partial charge is 0.428 e. The summed E-state index contributed by atoms with van der Waals surface area (Å²) in [6.07, 6.45) is 6.09. The number of hydrogen-bond acceptors (Lipinski definition) is 3. The number of hydrogen-bond donors (Lipinski definition) is 0. The smallest absolute Gasteiger partial charge is 0.338 e. The fraction of sp³-hybridized carbons (Fsp3) is 0.0952. The standard InChI is InChI=1S/C21H18O3/c1-16-19(14-12-17-8-4-2-5-9-17)23-20(24-21(16)22)15-13-18-10-6-3-7-11-18/h2-15,19-20H,1H2/b14-12+,15-13+. The number of carbonyl (C=O) groups is 1. The number of rotatable bonds is 4. The molecule has 3 heteroatoms. The summed E-state index contributed by atoms with van der Waals surface area (Å²) in [5.74, 6) is -0.438. The van der Waals surface area contributed by atoms with Crippen LogP contribution in [0.3, 0.4) is 0 Å². The summed E-state index contributed by atoms with van der Waals surface area (Å²) in [5.41, 5.74) is 2.34. The topological polar surface area (TPSA) is 35.5 Å². The van der Waals surface area contributed by atoms with Crippen LogP contribution in [0.5, 0.6) is 0 Å². The maximum atomic E-state index is 12.0. The molecule has 2 atom stereocenters. The Morgan fingerprint density at radius 3 is 1.96 bits per heavy atom. The highest BCUT2D eigenvalue weighted by Gasteiger charge is 2.29. The first-order valence-corrected chi connectivity index (χ1v) is 7.74. The van der Waals surface area contributed by atoms with Crippen LogP contribution >= 0.6 is 0 Å². The van der Waals surface area contributed by atoms with E-state index in [0.29, 0.717) is 5.57 Å². The van der Waals surface area contributed by atoms with Gasteiger partial charge in [-0.05, 0) is 17.2 Å². The number of benzene rings is 2. The zero-order valence-electron chi connectivity index (χ0n) is 13.2. The maximum Gasteiger partial charge on any atom is 0.338 e. The van der Waals surface area contributed by atoms with E-state index in [4.69, 9.17) is 9.47 Å². The van der Waals surface area contributed by atoms with Crippen LogP contribution < -0.4 is 0 Å². The molecule has 0 spiro atoms. The number of carbonyl (C=O) groups excluding carboxylic acids is 1. The van der Waals surface area contributed by atoms with Crippen molar-refractivity contribution >= 4 is 18.1 Å². The average molecular weight is 318 g/mol. The summed E-state index contributed by atoms with van der Waals surface area (Å²) in [7, 11) is 0. The molecule has 0 bridgehead atoms. The molecule has 0 N–H and O–H groups in total. The molecule has 0 amide bonds. The highest BCUT2D eigenvalue weighted by atomic mass is 16.7. The second kappa shape index (κ2) is 7.57. The fourth-order valence-corrected chi connectivity index (χ4v) is 2.31. The Morgan fingerprint density at radius 1 is 0.833 bits per heavy atom. The molecule has 1 fully saturated rings. The van der Waals surface area contributed by atoms with Crippen molar-refractivity contribution in [3.8, 4) is 0 Å². The summed E-state index contributed by atoms with van der Waals surface area (Å²) >= 11 is 0. The highest BCUT2D eigenvalue weighted by Crippen LogP contribution is 2.21. The van der Waals surface area contributed by atoms with Gasteiger partial charge in [0.2, 0.25) is 6.29 Å². The lowest BCUT2D eigenvalue weighted by Gasteiger charge is -2.27. The van der Waals surface area contributed by atoms with Crippen molar-refractivity contribution in [2.75, 3.05) is 0 Å². The van der Waals surface area contributed by atoms with Crippen LogP contribution in [0.1, 0.15) is 11.1 Å². The van der Waals surface area contributed by atoms with E-state index in [1.165, 1.54) is 0 Å². The normalized spacial score (nSPS) is 21.3. The van der Waals surface area contributed by atoms with Crippen molar-refractivity contribution in [1.29, 1.82) is 0 Å². The molecule has 1 aliphatic heterocycles. The Morgan fingerprint density at radius 2 is 1.38 bits per heavy atom. The molecule has 2 aromatic carbocycles. The number of esters is 1. The van der Waals surface area contributed by atoms with Crippen molar-refractivity contribution in [3.05, 3.63) is 96.1 Å². The molecule has 1 aliphatic rings. The van der Waals surface area contributed by atoms with Gasteiger partial charge in [-0.2, -0.15) is 0 Å². The number of cyclic esters (lactones) is 1. The molecule has 3 rings (SSSR count). The van der Waals surface area contributed by atoms with Crippen molar-refractivity contribution in [2.45, 2.75) is 12.4 Å². The summed E-state index contributed by atoms with van der Waals surface area (Å²) in [6.45, 7) is 3.77. The van der Waals surface area contributed by atoms with Crippen LogP contribution in [-0.4, -0.2) is 18.4 Å². The third-order valence-electron chi connectivity index (χ3n) is 3.62. The molecular weight excluding hydrogens is 300 g/mol. The molecule has 3 nitrogen and oxygen atoms in total. The minimum absolute atomic E-state index is 0.298. The molecule has 120 valence electrons. The van der Waals surface area contributed by atoms with Gasteiger partial charge in [-0.15, -0.1) is 0 Å². The van der Waals surface area contributed by atoms with Crippen molar-refractivity contribution in [3.63, 3.8) is 0 Å². The lowest BCUT2D eigenvalue weighted by Crippen LogP contribution is -2.35. The average Bonchev–Trinajstić information content (AvgIpc) is 2.63. The van der Waals surface area contributed by atoms with E-state index < -0.39 is 18.4 Å². The minimum Gasteiger partial charge on any atom is -0.428 e. The lowest BCUT2D eigenvalue weighted by atomic mass is 10.1. The zero-order chi connectivity index (χ0) is 16.8. The molecule has 0 radical (unpaired) electrons. The van der Waals surface area contributed by atoms with Gasteiger partial charge in [0.25, 0.3) is 0 Å². The monoisotopic (exact) mass is 318 g/mol. The van der Waals surface area contributed by atoms with Crippen LogP contribution in [0.25, 0.3) is 12.2 Å². The van der Waals surface area contributed by atoms with Crippen molar-refractivity contribution in [1.82, 2.24) is 0 Å². The van der Waals surface area contributed by atoms with E-state index in [0.717, 1.165) is 11.1 Å². The Labute approximate surface area is 141 Å². The van der Waals surface area contributed by atoms with E-state index in [9.17, 15) is 4.79 Å². The molecule has 2 unspecified atom stereocenters. The predicted octanol–water partition coefficient (Wildman–Crippen LogP) is 4.24.